The highest BCUT2D eigenvalue weighted by molar-refractivity contribution is 5.76. The zero-order valence-electron chi connectivity index (χ0n) is 19.2. The summed E-state index contributed by atoms with van der Waals surface area (Å²) in [6.45, 7) is 8.07. The standard InChI is InChI=1S/C27H31N5O/c1-19-7-10-24-26(31(19)18-20-8-9-20)12-11-23(27(24)33-22-5-3-2-4-6-22)25-17-29-32(30-25)21-13-15-28-16-14-21/h2-6,11-12,17,19-21,28H,7-10,13-16H2,1H3/t19-/m0/s1. The second-order valence-electron chi connectivity index (χ2n) is 9.55. The first-order valence-corrected chi connectivity index (χ1v) is 12.3. The van der Waals surface area contributed by atoms with E-state index < -0.39 is 0 Å². The molecule has 1 saturated heterocycles. The Morgan fingerprint density at radius 1 is 1.00 bits per heavy atom. The molecule has 3 aliphatic rings. The van der Waals surface area contributed by atoms with Crippen molar-refractivity contribution in [1.29, 1.82) is 0 Å². The van der Waals surface area contributed by atoms with Crippen molar-refractivity contribution >= 4 is 5.69 Å². The van der Waals surface area contributed by atoms with Crippen LogP contribution in [0.3, 0.4) is 0 Å². The Labute approximate surface area is 195 Å². The number of fused-ring (bicyclic) bond motifs is 1. The fraction of sp³-hybridized carbons (Fsp3) is 0.444. The summed E-state index contributed by atoms with van der Waals surface area (Å²) in [6, 6.07) is 15.3. The van der Waals surface area contributed by atoms with Crippen molar-refractivity contribution in [3.8, 4) is 22.8 Å². The van der Waals surface area contributed by atoms with Gasteiger partial charge in [0.25, 0.3) is 0 Å². The Hall–Kier alpha value is -2.86. The number of ether oxygens (including phenoxy) is 1. The fourth-order valence-corrected chi connectivity index (χ4v) is 4.95. The quantitative estimate of drug-likeness (QED) is 0.566. The van der Waals surface area contributed by atoms with Gasteiger partial charge in [-0.1, -0.05) is 18.2 Å². The summed E-state index contributed by atoms with van der Waals surface area (Å²) in [5.74, 6) is 2.35. The van der Waals surface area contributed by atoms with Crippen LogP contribution in [-0.2, 0) is 6.42 Å². The van der Waals surface area contributed by atoms with Crippen LogP contribution in [0, 0.1) is 12.5 Å². The predicted molar refractivity (Wildman–Crippen MR) is 129 cm³/mol. The first-order valence-electron chi connectivity index (χ1n) is 12.3. The Morgan fingerprint density at radius 3 is 2.61 bits per heavy atom. The van der Waals surface area contributed by atoms with Gasteiger partial charge in [-0.2, -0.15) is 15.0 Å². The van der Waals surface area contributed by atoms with Crippen LogP contribution in [0.25, 0.3) is 11.3 Å². The van der Waals surface area contributed by atoms with Gasteiger partial charge in [-0.05, 0) is 88.7 Å². The second-order valence-corrected chi connectivity index (χ2v) is 9.55. The van der Waals surface area contributed by atoms with Crippen LogP contribution in [0.5, 0.6) is 11.5 Å². The first-order chi connectivity index (χ1) is 16.3. The maximum absolute atomic E-state index is 6.58. The number of nitrogens with one attached hydrogen (secondary N) is 1. The Kier molecular flexibility index (Phi) is 5.54. The molecule has 0 amide bonds. The molecule has 1 atom stereocenters. The molecule has 2 aliphatic heterocycles. The zero-order chi connectivity index (χ0) is 22.2. The maximum Gasteiger partial charge on any atom is 0.142 e. The van der Waals surface area contributed by atoms with Crippen molar-refractivity contribution in [3.63, 3.8) is 0 Å². The molecule has 1 saturated carbocycles. The topological polar surface area (TPSA) is 55.2 Å². The average molecular weight is 442 g/mol. The molecule has 1 aliphatic carbocycles. The van der Waals surface area contributed by atoms with Crippen LogP contribution in [0.4, 0.5) is 5.69 Å². The monoisotopic (exact) mass is 441 g/mol. The molecule has 6 rings (SSSR count). The maximum atomic E-state index is 6.58. The summed E-state index contributed by atoms with van der Waals surface area (Å²) in [5.41, 5.74) is 4.36. The predicted octanol–water partition coefficient (Wildman–Crippen LogP) is 5.25. The highest BCUT2D eigenvalue weighted by atomic mass is 16.5. The number of para-hydroxylation sites is 1. The van der Waals surface area contributed by atoms with Gasteiger partial charge in [-0.15, -0.1) is 0 Å². The van der Waals surface area contributed by atoms with Crippen molar-refractivity contribution in [2.45, 2.75) is 57.5 Å². The lowest BCUT2D eigenvalue weighted by molar-refractivity contribution is 0.314. The lowest BCUT2D eigenvalue weighted by Gasteiger charge is -2.37. The van der Waals surface area contributed by atoms with Crippen molar-refractivity contribution in [2.24, 2.45) is 5.92 Å². The highest BCUT2D eigenvalue weighted by Gasteiger charge is 2.33. The summed E-state index contributed by atoms with van der Waals surface area (Å²) in [7, 11) is 0. The van der Waals surface area contributed by atoms with E-state index in [0.29, 0.717) is 18.0 Å². The number of benzene rings is 2. The van der Waals surface area contributed by atoms with E-state index in [1.54, 1.807) is 0 Å². The number of anilines is 1. The van der Waals surface area contributed by atoms with E-state index in [4.69, 9.17) is 9.84 Å². The van der Waals surface area contributed by atoms with E-state index in [1.807, 2.05) is 41.3 Å². The molecule has 6 nitrogen and oxygen atoms in total. The van der Waals surface area contributed by atoms with Crippen LogP contribution >= 0.6 is 0 Å². The number of rotatable bonds is 6. The molecule has 3 heterocycles. The third-order valence-corrected chi connectivity index (χ3v) is 7.03. The summed E-state index contributed by atoms with van der Waals surface area (Å²) in [4.78, 5) is 4.27. The number of piperidine rings is 1. The van der Waals surface area contributed by atoms with Crippen molar-refractivity contribution in [3.05, 3.63) is 60.8 Å². The minimum Gasteiger partial charge on any atom is -0.456 e. The Morgan fingerprint density at radius 2 is 1.82 bits per heavy atom. The van der Waals surface area contributed by atoms with E-state index in [9.17, 15) is 0 Å². The smallest absolute Gasteiger partial charge is 0.142 e. The molecule has 2 fully saturated rings. The minimum absolute atomic E-state index is 0.357. The van der Waals surface area contributed by atoms with Crippen molar-refractivity contribution in [2.75, 3.05) is 18.0 Å². The minimum atomic E-state index is 0.357. The van der Waals surface area contributed by atoms with E-state index in [1.165, 1.54) is 24.1 Å². The zero-order valence-corrected chi connectivity index (χ0v) is 19.2. The van der Waals surface area contributed by atoms with Gasteiger partial charge in [-0.3, -0.25) is 0 Å². The van der Waals surface area contributed by atoms with Gasteiger partial charge < -0.3 is 15.0 Å². The Balaban J connectivity index is 1.41. The van der Waals surface area contributed by atoms with E-state index >= 15 is 0 Å². The van der Waals surface area contributed by atoms with Gasteiger partial charge in [-0.25, -0.2) is 0 Å². The van der Waals surface area contributed by atoms with Crippen molar-refractivity contribution in [1.82, 2.24) is 20.3 Å². The van der Waals surface area contributed by atoms with E-state index in [2.05, 4.69) is 40.9 Å². The molecule has 2 radical (unpaired) electrons. The van der Waals surface area contributed by atoms with Crippen LogP contribution < -0.4 is 15.0 Å². The molecule has 0 unspecified atom stereocenters. The molecule has 1 aromatic heterocycles. The van der Waals surface area contributed by atoms with Gasteiger partial charge in [0.2, 0.25) is 0 Å². The molecule has 0 spiro atoms. The number of aromatic nitrogens is 3. The summed E-state index contributed by atoms with van der Waals surface area (Å²) < 4.78 is 6.58. The first kappa shape index (κ1) is 20.7. The molecule has 1 N–H and O–H groups in total. The number of hydrogen-bond acceptors (Lipinski definition) is 5. The normalized spacial score (nSPS) is 21.1. The van der Waals surface area contributed by atoms with Gasteiger partial charge in [0, 0.05) is 22.9 Å². The molecule has 3 aromatic rings. The van der Waals surface area contributed by atoms with Crippen LogP contribution in [0.15, 0.2) is 48.7 Å². The fourth-order valence-electron chi connectivity index (χ4n) is 4.95. The molecule has 0 bridgehead atoms. The SMILES string of the molecule is C[C@H]1CCc2c(ccc(-c3cnn(C4CCNCC4)n3)c2Oc2ccccc2)N1[C]C1CC1. The third-order valence-electron chi connectivity index (χ3n) is 7.03. The summed E-state index contributed by atoms with van der Waals surface area (Å²) >= 11 is 0. The van der Waals surface area contributed by atoms with Gasteiger partial charge in [0.15, 0.2) is 0 Å². The Bertz CT molecular complexity index is 1100. The van der Waals surface area contributed by atoms with Crippen molar-refractivity contribution < 1.29 is 4.74 Å². The second kappa shape index (κ2) is 8.82. The molecular formula is C27H31N5O. The van der Waals surface area contributed by atoms with Crippen LogP contribution in [0.2, 0.25) is 0 Å². The van der Waals surface area contributed by atoms with Gasteiger partial charge >= 0.3 is 0 Å². The third kappa shape index (κ3) is 4.24. The van der Waals surface area contributed by atoms with Gasteiger partial charge in [0.05, 0.1) is 18.8 Å². The molecule has 170 valence electrons. The molecular weight excluding hydrogens is 410 g/mol. The molecule has 33 heavy (non-hydrogen) atoms. The molecule has 2 aromatic carbocycles. The number of nitrogens with zero attached hydrogens (tertiary/aromatic N) is 4. The van der Waals surface area contributed by atoms with E-state index in [-0.39, 0.29) is 0 Å². The lowest BCUT2D eigenvalue weighted by atomic mass is 9.92. The highest BCUT2D eigenvalue weighted by Crippen LogP contribution is 2.46. The average Bonchev–Trinajstić information content (AvgIpc) is 3.55. The van der Waals surface area contributed by atoms with E-state index in [0.717, 1.165) is 61.5 Å². The van der Waals surface area contributed by atoms with Crippen LogP contribution in [-0.4, -0.2) is 34.1 Å². The van der Waals surface area contributed by atoms with Gasteiger partial charge in [0.1, 0.15) is 17.2 Å². The summed E-state index contributed by atoms with van der Waals surface area (Å²) in [5, 5.41) is 13.0. The largest absolute Gasteiger partial charge is 0.456 e. The lowest BCUT2D eigenvalue weighted by Crippen LogP contribution is -2.35. The van der Waals surface area contributed by atoms with Crippen LogP contribution in [0.1, 0.15) is 50.6 Å². The number of hydrogen-bond donors (Lipinski definition) is 1. The summed E-state index contributed by atoms with van der Waals surface area (Å²) in [6.07, 6.45) is 8.60. The molecule has 6 heteroatoms.